The summed E-state index contributed by atoms with van der Waals surface area (Å²) >= 11 is 4.38. The standard InChI is InChI=1S/C22H17I2N3O5/c1-31-20-8-7-16(27(29)30)11-17(20)22(28)26-25-12-15-9-18(23)21(19(24)10-15)32-13-14-5-3-2-4-6-14/h2-12H,13H2,1H3,(H,26,28)/b25-12-. The van der Waals surface area contributed by atoms with E-state index in [1.54, 1.807) is 0 Å². The summed E-state index contributed by atoms with van der Waals surface area (Å²) in [5, 5.41) is 15.0. The van der Waals surface area contributed by atoms with Crippen molar-refractivity contribution in [1.82, 2.24) is 5.43 Å². The van der Waals surface area contributed by atoms with E-state index in [0.29, 0.717) is 6.61 Å². The summed E-state index contributed by atoms with van der Waals surface area (Å²) in [4.78, 5) is 22.9. The fraction of sp³-hybridized carbons (Fsp3) is 0.0909. The molecule has 0 saturated heterocycles. The van der Waals surface area contributed by atoms with E-state index in [4.69, 9.17) is 9.47 Å². The Kier molecular flexibility index (Phi) is 8.39. The summed E-state index contributed by atoms with van der Waals surface area (Å²) < 4.78 is 12.9. The van der Waals surface area contributed by atoms with Crippen molar-refractivity contribution < 1.29 is 19.2 Å². The van der Waals surface area contributed by atoms with Gasteiger partial charge in [-0.25, -0.2) is 5.43 Å². The largest absolute Gasteiger partial charge is 0.496 e. The van der Waals surface area contributed by atoms with E-state index in [-0.39, 0.29) is 17.0 Å². The number of carbonyl (C=O) groups excluding carboxylic acids is 1. The lowest BCUT2D eigenvalue weighted by Gasteiger charge is -2.11. The first kappa shape index (κ1) is 23.9. The topological polar surface area (TPSA) is 103 Å². The number of nitro benzene ring substituents is 1. The predicted molar refractivity (Wildman–Crippen MR) is 137 cm³/mol. The molecule has 164 valence electrons. The molecule has 0 bridgehead atoms. The van der Waals surface area contributed by atoms with Crippen LogP contribution >= 0.6 is 45.2 Å². The van der Waals surface area contributed by atoms with Crippen molar-refractivity contribution in [3.8, 4) is 11.5 Å². The lowest BCUT2D eigenvalue weighted by molar-refractivity contribution is -0.384. The minimum absolute atomic E-state index is 0.0210. The van der Waals surface area contributed by atoms with Gasteiger partial charge in [-0.1, -0.05) is 30.3 Å². The van der Waals surface area contributed by atoms with Gasteiger partial charge in [0.1, 0.15) is 18.1 Å². The Morgan fingerprint density at radius 1 is 1.12 bits per heavy atom. The van der Waals surface area contributed by atoms with Gasteiger partial charge in [-0.05, 0) is 74.5 Å². The minimum Gasteiger partial charge on any atom is -0.496 e. The van der Waals surface area contributed by atoms with Crippen LogP contribution in [0.2, 0.25) is 0 Å². The minimum atomic E-state index is -0.617. The van der Waals surface area contributed by atoms with Gasteiger partial charge in [0.05, 0.1) is 31.0 Å². The number of halogens is 2. The van der Waals surface area contributed by atoms with Crippen LogP contribution < -0.4 is 14.9 Å². The molecule has 3 aromatic carbocycles. The quantitative estimate of drug-likeness (QED) is 0.156. The molecule has 1 N–H and O–H groups in total. The van der Waals surface area contributed by atoms with E-state index < -0.39 is 10.8 Å². The van der Waals surface area contributed by atoms with Crippen molar-refractivity contribution in [3.63, 3.8) is 0 Å². The van der Waals surface area contributed by atoms with Gasteiger partial charge in [-0.15, -0.1) is 0 Å². The van der Waals surface area contributed by atoms with E-state index in [0.717, 1.165) is 30.1 Å². The number of nitrogens with zero attached hydrogens (tertiary/aromatic N) is 2. The van der Waals surface area contributed by atoms with Crippen LogP contribution in [0.4, 0.5) is 5.69 Å². The summed E-state index contributed by atoms with van der Waals surface area (Å²) in [7, 11) is 1.38. The van der Waals surface area contributed by atoms with Crippen LogP contribution in [0.15, 0.2) is 65.8 Å². The van der Waals surface area contributed by atoms with E-state index in [1.807, 2.05) is 42.5 Å². The first-order valence-corrected chi connectivity index (χ1v) is 11.4. The second kappa shape index (κ2) is 11.2. The molecule has 0 unspecified atom stereocenters. The summed E-state index contributed by atoms with van der Waals surface area (Å²) in [6.07, 6.45) is 1.49. The van der Waals surface area contributed by atoms with Crippen LogP contribution in [0, 0.1) is 17.3 Å². The highest BCUT2D eigenvalue weighted by Crippen LogP contribution is 2.29. The highest BCUT2D eigenvalue weighted by atomic mass is 127. The molecular weight excluding hydrogens is 640 g/mol. The van der Waals surface area contributed by atoms with E-state index in [1.165, 1.54) is 25.5 Å². The van der Waals surface area contributed by atoms with E-state index >= 15 is 0 Å². The maximum atomic E-state index is 12.4. The van der Waals surface area contributed by atoms with Crippen LogP contribution in [0.5, 0.6) is 11.5 Å². The van der Waals surface area contributed by atoms with Crippen LogP contribution in [0.1, 0.15) is 21.5 Å². The molecule has 3 aromatic rings. The Morgan fingerprint density at radius 2 is 1.81 bits per heavy atom. The fourth-order valence-electron chi connectivity index (χ4n) is 2.73. The molecule has 0 atom stereocenters. The average Bonchev–Trinajstić information content (AvgIpc) is 2.78. The second-order valence-electron chi connectivity index (χ2n) is 6.43. The molecule has 32 heavy (non-hydrogen) atoms. The highest BCUT2D eigenvalue weighted by Gasteiger charge is 2.17. The maximum absolute atomic E-state index is 12.4. The van der Waals surface area contributed by atoms with Gasteiger partial charge in [0.2, 0.25) is 0 Å². The lowest BCUT2D eigenvalue weighted by Crippen LogP contribution is -2.18. The van der Waals surface area contributed by atoms with E-state index in [2.05, 4.69) is 55.7 Å². The Hall–Kier alpha value is -2.74. The molecule has 8 nitrogen and oxygen atoms in total. The summed E-state index contributed by atoms with van der Waals surface area (Å²) in [6.45, 7) is 0.460. The van der Waals surface area contributed by atoms with E-state index in [9.17, 15) is 14.9 Å². The molecular formula is C22H17I2N3O5. The number of hydrazone groups is 1. The smallest absolute Gasteiger partial charge is 0.275 e. The monoisotopic (exact) mass is 657 g/mol. The number of benzene rings is 3. The van der Waals surface area contributed by atoms with Crippen molar-refractivity contribution in [1.29, 1.82) is 0 Å². The van der Waals surface area contributed by atoms with Crippen molar-refractivity contribution in [2.75, 3.05) is 7.11 Å². The number of nitrogens with one attached hydrogen (secondary N) is 1. The van der Waals surface area contributed by atoms with Gasteiger partial charge in [-0.2, -0.15) is 5.10 Å². The third-order valence-electron chi connectivity index (χ3n) is 4.26. The van der Waals surface area contributed by atoms with Crippen molar-refractivity contribution in [2.45, 2.75) is 6.61 Å². The molecule has 0 spiro atoms. The van der Waals surface area contributed by atoms with Gasteiger partial charge in [0.25, 0.3) is 11.6 Å². The zero-order chi connectivity index (χ0) is 23.1. The molecule has 0 aliphatic heterocycles. The normalized spacial score (nSPS) is 10.7. The zero-order valence-corrected chi connectivity index (χ0v) is 21.1. The predicted octanol–water partition coefficient (Wildman–Crippen LogP) is 5.16. The molecule has 0 aliphatic rings. The molecule has 0 aromatic heterocycles. The number of hydrogen-bond acceptors (Lipinski definition) is 6. The SMILES string of the molecule is COc1ccc([N+](=O)[O-])cc1C(=O)N/N=C\c1cc(I)c(OCc2ccccc2)c(I)c1. The maximum Gasteiger partial charge on any atom is 0.275 e. The molecule has 0 aliphatic carbocycles. The van der Waals surface area contributed by atoms with Crippen molar-refractivity contribution >= 4 is 63.0 Å². The molecule has 0 heterocycles. The number of non-ortho nitro benzene ring substituents is 1. The van der Waals surface area contributed by atoms with Gasteiger partial charge in [-0.3, -0.25) is 14.9 Å². The Bertz CT molecular complexity index is 1150. The Balaban J connectivity index is 1.70. The molecule has 3 rings (SSSR count). The van der Waals surface area contributed by atoms with Crippen LogP contribution in [0.25, 0.3) is 0 Å². The van der Waals surface area contributed by atoms with Crippen molar-refractivity contribution in [3.05, 3.63) is 94.6 Å². The molecule has 0 fully saturated rings. The summed E-state index contributed by atoms with van der Waals surface area (Å²) in [6, 6.07) is 17.4. The van der Waals surface area contributed by atoms with Gasteiger partial charge >= 0.3 is 0 Å². The third kappa shape index (κ3) is 6.16. The third-order valence-corrected chi connectivity index (χ3v) is 5.87. The van der Waals surface area contributed by atoms with Gasteiger partial charge in [0.15, 0.2) is 0 Å². The Labute approximate surface area is 211 Å². The highest BCUT2D eigenvalue weighted by molar-refractivity contribution is 14.1. The first-order chi connectivity index (χ1) is 15.4. The molecule has 10 heteroatoms. The number of amides is 1. The van der Waals surface area contributed by atoms with Crippen LogP contribution in [0.3, 0.4) is 0 Å². The number of nitro groups is 1. The van der Waals surface area contributed by atoms with Crippen LogP contribution in [-0.4, -0.2) is 24.2 Å². The van der Waals surface area contributed by atoms with Crippen molar-refractivity contribution in [2.24, 2.45) is 5.10 Å². The zero-order valence-electron chi connectivity index (χ0n) is 16.7. The van der Waals surface area contributed by atoms with Crippen LogP contribution in [-0.2, 0) is 6.61 Å². The average molecular weight is 657 g/mol. The second-order valence-corrected chi connectivity index (χ2v) is 8.75. The molecule has 0 saturated carbocycles. The fourth-order valence-corrected chi connectivity index (χ4v) is 4.86. The lowest BCUT2D eigenvalue weighted by atomic mass is 10.1. The summed E-state index contributed by atoms with van der Waals surface area (Å²) in [5.41, 5.74) is 4.02. The number of carbonyl (C=O) groups is 1. The molecule has 1 amide bonds. The van der Waals surface area contributed by atoms with Gasteiger partial charge < -0.3 is 9.47 Å². The first-order valence-electron chi connectivity index (χ1n) is 9.20. The molecule has 0 radical (unpaired) electrons. The summed E-state index contributed by atoms with van der Waals surface area (Å²) in [5.74, 6) is 0.374. The number of hydrogen-bond donors (Lipinski definition) is 1. The Morgan fingerprint density at radius 3 is 2.44 bits per heavy atom. The number of methoxy groups -OCH3 is 1. The van der Waals surface area contributed by atoms with Gasteiger partial charge in [0, 0.05) is 12.1 Å². The number of rotatable bonds is 8. The number of ether oxygens (including phenoxy) is 2.